The van der Waals surface area contributed by atoms with Gasteiger partial charge in [-0.05, 0) is 18.6 Å². The molecule has 2 aliphatic rings. The van der Waals surface area contributed by atoms with Crippen LogP contribution in [0, 0.1) is 5.92 Å². The van der Waals surface area contributed by atoms with Crippen molar-refractivity contribution in [1.82, 2.24) is 10.2 Å². The summed E-state index contributed by atoms with van der Waals surface area (Å²) in [5, 5.41) is 3.51. The third kappa shape index (κ3) is 3.93. The molecule has 2 heterocycles. The molecular formula is C18H28N4O2. The summed E-state index contributed by atoms with van der Waals surface area (Å²) in [4.78, 5) is 9.17. The number of rotatable bonds is 4. The van der Waals surface area contributed by atoms with E-state index in [0.29, 0.717) is 5.92 Å². The highest BCUT2D eigenvalue weighted by Gasteiger charge is 2.22. The average molecular weight is 332 g/mol. The molecule has 6 nitrogen and oxygen atoms in total. The van der Waals surface area contributed by atoms with Crippen LogP contribution in [0.15, 0.2) is 29.3 Å². The molecule has 1 N–H and O–H groups in total. The summed E-state index contributed by atoms with van der Waals surface area (Å²) in [6.07, 6.45) is 1.14. The molecule has 0 spiro atoms. The summed E-state index contributed by atoms with van der Waals surface area (Å²) in [5.74, 6) is 2.55. The Morgan fingerprint density at radius 3 is 2.75 bits per heavy atom. The van der Waals surface area contributed by atoms with Gasteiger partial charge in [0.05, 0.1) is 19.4 Å². The van der Waals surface area contributed by atoms with Gasteiger partial charge in [-0.15, -0.1) is 0 Å². The first-order valence-electron chi connectivity index (χ1n) is 8.73. The molecule has 0 amide bonds. The number of piperazine rings is 1. The molecule has 2 aliphatic heterocycles. The maximum absolute atomic E-state index is 5.49. The van der Waals surface area contributed by atoms with E-state index in [1.165, 1.54) is 5.69 Å². The fourth-order valence-corrected chi connectivity index (χ4v) is 3.36. The lowest BCUT2D eigenvalue weighted by molar-refractivity contribution is 0.186. The van der Waals surface area contributed by atoms with E-state index >= 15 is 0 Å². The molecule has 132 valence electrons. The maximum Gasteiger partial charge on any atom is 0.193 e. The van der Waals surface area contributed by atoms with E-state index in [2.05, 4.69) is 32.2 Å². The van der Waals surface area contributed by atoms with Crippen molar-refractivity contribution < 1.29 is 9.47 Å². The Morgan fingerprint density at radius 1 is 1.29 bits per heavy atom. The first-order valence-corrected chi connectivity index (χ1v) is 8.73. The van der Waals surface area contributed by atoms with Gasteiger partial charge in [-0.3, -0.25) is 4.99 Å². The molecule has 3 rings (SSSR count). The number of anilines is 1. The highest BCUT2D eigenvalue weighted by Crippen LogP contribution is 2.28. The Bertz CT molecular complexity index is 550. The molecule has 2 fully saturated rings. The van der Waals surface area contributed by atoms with Gasteiger partial charge < -0.3 is 24.6 Å². The Morgan fingerprint density at radius 2 is 2.08 bits per heavy atom. The lowest BCUT2D eigenvalue weighted by Gasteiger charge is -2.38. The van der Waals surface area contributed by atoms with Gasteiger partial charge in [0.25, 0.3) is 0 Å². The molecule has 0 aromatic heterocycles. The largest absolute Gasteiger partial charge is 0.495 e. The number of nitrogens with one attached hydrogen (secondary N) is 1. The van der Waals surface area contributed by atoms with Gasteiger partial charge in [-0.1, -0.05) is 12.1 Å². The van der Waals surface area contributed by atoms with Crippen LogP contribution in [0.5, 0.6) is 5.75 Å². The van der Waals surface area contributed by atoms with E-state index < -0.39 is 0 Å². The molecule has 6 heteroatoms. The zero-order valence-corrected chi connectivity index (χ0v) is 14.7. The van der Waals surface area contributed by atoms with E-state index in [1.807, 2.05) is 19.2 Å². The monoisotopic (exact) mass is 332 g/mol. The predicted molar refractivity (Wildman–Crippen MR) is 97.1 cm³/mol. The van der Waals surface area contributed by atoms with Crippen LogP contribution in [0.4, 0.5) is 5.69 Å². The zero-order chi connectivity index (χ0) is 16.8. The van der Waals surface area contributed by atoms with Crippen molar-refractivity contribution in [3.8, 4) is 5.75 Å². The fraction of sp³-hybridized carbons (Fsp3) is 0.611. The molecule has 0 saturated carbocycles. The molecule has 1 aromatic carbocycles. The minimum absolute atomic E-state index is 0.608. The van der Waals surface area contributed by atoms with E-state index in [1.54, 1.807) is 7.11 Å². The van der Waals surface area contributed by atoms with E-state index in [4.69, 9.17) is 9.47 Å². The molecular weight excluding hydrogens is 304 g/mol. The van der Waals surface area contributed by atoms with Crippen molar-refractivity contribution in [2.45, 2.75) is 6.42 Å². The Balaban J connectivity index is 1.53. The molecule has 1 atom stereocenters. The fourth-order valence-electron chi connectivity index (χ4n) is 3.36. The first kappa shape index (κ1) is 16.9. The van der Waals surface area contributed by atoms with Gasteiger partial charge in [0.1, 0.15) is 5.75 Å². The predicted octanol–water partition coefficient (Wildman–Crippen LogP) is 1.43. The molecule has 0 bridgehead atoms. The van der Waals surface area contributed by atoms with Crippen molar-refractivity contribution in [2.75, 3.05) is 65.0 Å². The quantitative estimate of drug-likeness (QED) is 0.668. The summed E-state index contributed by atoms with van der Waals surface area (Å²) in [5.41, 5.74) is 1.17. The van der Waals surface area contributed by atoms with Crippen molar-refractivity contribution in [2.24, 2.45) is 10.9 Å². The van der Waals surface area contributed by atoms with Gasteiger partial charge in [0.2, 0.25) is 0 Å². The van der Waals surface area contributed by atoms with Crippen molar-refractivity contribution in [3.05, 3.63) is 24.3 Å². The Hall–Kier alpha value is -1.95. The summed E-state index contributed by atoms with van der Waals surface area (Å²) in [6, 6.07) is 8.22. The third-order valence-electron chi connectivity index (χ3n) is 4.79. The van der Waals surface area contributed by atoms with Gasteiger partial charge in [0, 0.05) is 52.3 Å². The Labute approximate surface area is 144 Å². The zero-order valence-electron chi connectivity index (χ0n) is 14.7. The van der Waals surface area contributed by atoms with Gasteiger partial charge >= 0.3 is 0 Å². The second kappa shape index (κ2) is 8.24. The van der Waals surface area contributed by atoms with Gasteiger partial charge in [-0.25, -0.2) is 0 Å². The molecule has 0 aliphatic carbocycles. The Kier molecular flexibility index (Phi) is 5.80. The minimum Gasteiger partial charge on any atom is -0.495 e. The lowest BCUT2D eigenvalue weighted by atomic mass is 10.1. The molecule has 1 unspecified atom stereocenters. The number of methoxy groups -OCH3 is 1. The molecule has 2 saturated heterocycles. The van der Waals surface area contributed by atoms with Crippen molar-refractivity contribution in [3.63, 3.8) is 0 Å². The summed E-state index contributed by atoms with van der Waals surface area (Å²) in [7, 11) is 3.59. The topological polar surface area (TPSA) is 49.3 Å². The smallest absolute Gasteiger partial charge is 0.193 e. The van der Waals surface area contributed by atoms with Crippen LogP contribution in [0.25, 0.3) is 0 Å². The van der Waals surface area contributed by atoms with Crippen LogP contribution in [0.2, 0.25) is 0 Å². The highest BCUT2D eigenvalue weighted by molar-refractivity contribution is 5.80. The average Bonchev–Trinajstić information content (AvgIpc) is 3.16. The number of guanidine groups is 1. The minimum atomic E-state index is 0.608. The van der Waals surface area contributed by atoms with Crippen molar-refractivity contribution >= 4 is 11.6 Å². The standard InChI is InChI=1S/C18H28N4O2/c1-19-18(20-13-15-7-12-24-14-15)22-10-8-21(9-11-22)16-5-3-4-6-17(16)23-2/h3-6,15H,7-14H2,1-2H3,(H,19,20). The molecule has 1 aromatic rings. The number of aliphatic imine (C=N–C) groups is 1. The van der Waals surface area contributed by atoms with Crippen LogP contribution in [-0.4, -0.2) is 71.0 Å². The maximum atomic E-state index is 5.49. The van der Waals surface area contributed by atoms with E-state index in [-0.39, 0.29) is 0 Å². The first-order chi connectivity index (χ1) is 11.8. The summed E-state index contributed by atoms with van der Waals surface area (Å²) >= 11 is 0. The second-order valence-corrected chi connectivity index (χ2v) is 6.30. The lowest BCUT2D eigenvalue weighted by Crippen LogP contribution is -2.53. The van der Waals surface area contributed by atoms with Crippen molar-refractivity contribution in [1.29, 1.82) is 0 Å². The van der Waals surface area contributed by atoms with Crippen LogP contribution >= 0.6 is 0 Å². The highest BCUT2D eigenvalue weighted by atomic mass is 16.5. The van der Waals surface area contributed by atoms with Crippen LogP contribution < -0.4 is 15.0 Å². The summed E-state index contributed by atoms with van der Waals surface area (Å²) < 4.78 is 10.9. The van der Waals surface area contributed by atoms with Crippen LogP contribution in [0.1, 0.15) is 6.42 Å². The van der Waals surface area contributed by atoms with Gasteiger partial charge in [0.15, 0.2) is 5.96 Å². The number of hydrogen-bond donors (Lipinski definition) is 1. The van der Waals surface area contributed by atoms with Crippen LogP contribution in [-0.2, 0) is 4.74 Å². The SMILES string of the molecule is CN=C(NCC1CCOC1)N1CCN(c2ccccc2OC)CC1. The number of nitrogens with zero attached hydrogens (tertiary/aromatic N) is 3. The van der Waals surface area contributed by atoms with Crippen LogP contribution in [0.3, 0.4) is 0 Å². The number of para-hydroxylation sites is 2. The molecule has 0 radical (unpaired) electrons. The molecule has 24 heavy (non-hydrogen) atoms. The second-order valence-electron chi connectivity index (χ2n) is 6.30. The normalized spacial score (nSPS) is 21.9. The third-order valence-corrected chi connectivity index (χ3v) is 4.79. The van der Waals surface area contributed by atoms with Gasteiger partial charge in [-0.2, -0.15) is 0 Å². The number of ether oxygens (including phenoxy) is 2. The van der Waals surface area contributed by atoms with E-state index in [9.17, 15) is 0 Å². The number of benzene rings is 1. The summed E-state index contributed by atoms with van der Waals surface area (Å²) in [6.45, 7) is 6.55. The number of hydrogen-bond acceptors (Lipinski definition) is 4. The van der Waals surface area contributed by atoms with E-state index in [0.717, 1.165) is 64.1 Å².